The highest BCUT2D eigenvalue weighted by Crippen LogP contribution is 2.11. The van der Waals surface area contributed by atoms with Gasteiger partial charge in [-0.3, -0.25) is 4.79 Å². The summed E-state index contributed by atoms with van der Waals surface area (Å²) in [6, 6.07) is 0.0437. The first kappa shape index (κ1) is 18.9. The largest absolute Gasteiger partial charge is 0.375 e. The highest BCUT2D eigenvalue weighted by molar-refractivity contribution is 5.86. The molecule has 0 spiro atoms. The van der Waals surface area contributed by atoms with Gasteiger partial charge >= 0.3 is 0 Å². The Morgan fingerprint density at radius 3 is 2.68 bits per heavy atom. The fraction of sp³-hybridized carbons (Fsp3) is 0.632. The molecule has 0 radical (unpaired) electrons. The van der Waals surface area contributed by atoms with Crippen LogP contribution in [-0.4, -0.2) is 31.1 Å². The van der Waals surface area contributed by atoms with Crippen LogP contribution in [0.5, 0.6) is 0 Å². The van der Waals surface area contributed by atoms with Crippen molar-refractivity contribution >= 4 is 5.78 Å². The van der Waals surface area contributed by atoms with Gasteiger partial charge in [-0.1, -0.05) is 65.0 Å². The van der Waals surface area contributed by atoms with Gasteiger partial charge in [0.15, 0.2) is 5.78 Å². The molecule has 1 aliphatic carbocycles. The van der Waals surface area contributed by atoms with Gasteiger partial charge in [0.2, 0.25) is 0 Å². The van der Waals surface area contributed by atoms with Crippen molar-refractivity contribution in [2.24, 2.45) is 11.8 Å². The van der Waals surface area contributed by atoms with Gasteiger partial charge in [0.1, 0.15) is 0 Å². The summed E-state index contributed by atoms with van der Waals surface area (Å²) in [5.74, 6) is 0.770. The average molecular weight is 305 g/mol. The molecule has 0 aromatic heterocycles. The number of carbonyl (C=O) groups excluding carboxylic acids is 1. The van der Waals surface area contributed by atoms with Crippen LogP contribution in [0, 0.1) is 11.8 Å². The molecule has 0 heterocycles. The Balaban J connectivity index is 2.53. The smallest absolute Gasteiger partial charge is 0.154 e. The first-order valence-corrected chi connectivity index (χ1v) is 8.37. The number of nitrogens with one attached hydrogen (secondary N) is 1. The van der Waals surface area contributed by atoms with Crippen molar-refractivity contribution in [3.63, 3.8) is 0 Å². The van der Waals surface area contributed by atoms with Crippen molar-refractivity contribution in [3.05, 3.63) is 36.0 Å². The molecule has 0 bridgehead atoms. The number of Topliss-reactive ketones (excluding diaryl/α,β-unsaturated/α-hetero) is 1. The Bertz CT molecular complexity index is 435. The van der Waals surface area contributed by atoms with Crippen molar-refractivity contribution in [2.75, 3.05) is 13.2 Å². The summed E-state index contributed by atoms with van der Waals surface area (Å²) < 4.78 is 5.81. The van der Waals surface area contributed by atoms with E-state index < -0.39 is 0 Å². The fourth-order valence-electron chi connectivity index (χ4n) is 2.30. The highest BCUT2D eigenvalue weighted by Gasteiger charge is 2.23. The van der Waals surface area contributed by atoms with E-state index in [9.17, 15) is 4.79 Å². The van der Waals surface area contributed by atoms with Gasteiger partial charge in [0.25, 0.3) is 0 Å². The van der Waals surface area contributed by atoms with Crippen LogP contribution in [-0.2, 0) is 9.53 Å². The van der Waals surface area contributed by atoms with E-state index in [1.807, 2.05) is 13.8 Å². The molecule has 0 aliphatic heterocycles. The Hall–Kier alpha value is -1.19. The predicted molar refractivity (Wildman–Crippen MR) is 92.9 cm³/mol. The average Bonchev–Trinajstić information content (AvgIpc) is 2.69. The molecule has 0 aromatic carbocycles. The lowest BCUT2D eigenvalue weighted by atomic mass is 9.97. The zero-order valence-electron chi connectivity index (χ0n) is 14.6. The Morgan fingerprint density at radius 2 is 2.05 bits per heavy atom. The molecule has 124 valence electrons. The fourth-order valence-corrected chi connectivity index (χ4v) is 2.30. The van der Waals surface area contributed by atoms with Crippen LogP contribution in [0.3, 0.4) is 0 Å². The summed E-state index contributed by atoms with van der Waals surface area (Å²) in [6.07, 6.45) is 11.4. The van der Waals surface area contributed by atoms with Crippen molar-refractivity contribution in [1.29, 1.82) is 0 Å². The summed E-state index contributed by atoms with van der Waals surface area (Å²) in [6.45, 7) is 11.3. The molecule has 3 heteroatoms. The molecule has 3 unspecified atom stereocenters. The molecule has 0 amide bonds. The van der Waals surface area contributed by atoms with Crippen LogP contribution in [0.25, 0.3) is 0 Å². The summed E-state index contributed by atoms with van der Waals surface area (Å²) >= 11 is 0. The minimum absolute atomic E-state index is 0.0700. The second-order valence-corrected chi connectivity index (χ2v) is 6.45. The molecule has 0 saturated carbocycles. The van der Waals surface area contributed by atoms with Gasteiger partial charge in [-0.25, -0.2) is 0 Å². The lowest BCUT2D eigenvalue weighted by molar-refractivity contribution is -0.126. The first-order valence-electron chi connectivity index (χ1n) is 8.37. The van der Waals surface area contributed by atoms with E-state index in [1.54, 1.807) is 0 Å². The van der Waals surface area contributed by atoms with Gasteiger partial charge in [0, 0.05) is 12.0 Å². The van der Waals surface area contributed by atoms with Crippen molar-refractivity contribution in [1.82, 2.24) is 5.32 Å². The van der Waals surface area contributed by atoms with E-state index >= 15 is 0 Å². The summed E-state index contributed by atoms with van der Waals surface area (Å²) in [7, 11) is 0. The molecular weight excluding hydrogens is 274 g/mol. The maximum absolute atomic E-state index is 12.4. The molecular formula is C19H31NO2. The molecule has 1 aliphatic rings. The lowest BCUT2D eigenvalue weighted by Gasteiger charge is -2.23. The van der Waals surface area contributed by atoms with Gasteiger partial charge in [0.05, 0.1) is 19.3 Å². The maximum Gasteiger partial charge on any atom is 0.154 e. The van der Waals surface area contributed by atoms with E-state index in [1.165, 1.54) is 0 Å². The normalized spacial score (nSPS) is 20.6. The predicted octanol–water partition coefficient (Wildman–Crippen LogP) is 3.67. The summed E-state index contributed by atoms with van der Waals surface area (Å²) in [5.41, 5.74) is 1.14. The number of hydrogen-bond acceptors (Lipinski definition) is 3. The van der Waals surface area contributed by atoms with Gasteiger partial charge < -0.3 is 10.1 Å². The van der Waals surface area contributed by atoms with E-state index in [0.717, 1.165) is 12.0 Å². The van der Waals surface area contributed by atoms with Gasteiger partial charge in [-0.2, -0.15) is 0 Å². The number of hydrogen-bond donors (Lipinski definition) is 1. The molecule has 1 rings (SSSR count). The summed E-state index contributed by atoms with van der Waals surface area (Å²) in [4.78, 5) is 12.4. The quantitative estimate of drug-likeness (QED) is 0.706. The molecule has 1 N–H and O–H groups in total. The van der Waals surface area contributed by atoms with Crippen LogP contribution in [0.2, 0.25) is 0 Å². The Kier molecular flexibility index (Phi) is 8.36. The van der Waals surface area contributed by atoms with Crippen molar-refractivity contribution < 1.29 is 9.53 Å². The van der Waals surface area contributed by atoms with Crippen LogP contribution in [0.1, 0.15) is 41.0 Å². The number of allylic oxidation sites excluding steroid dienone is 4. The molecule has 0 aromatic rings. The Morgan fingerprint density at radius 1 is 1.32 bits per heavy atom. The van der Waals surface area contributed by atoms with Crippen molar-refractivity contribution in [2.45, 2.75) is 53.1 Å². The first-order chi connectivity index (χ1) is 10.4. The monoisotopic (exact) mass is 305 g/mol. The number of ketones is 1. The zero-order valence-corrected chi connectivity index (χ0v) is 14.6. The lowest BCUT2D eigenvalue weighted by Crippen LogP contribution is -2.46. The minimum Gasteiger partial charge on any atom is -0.375 e. The van der Waals surface area contributed by atoms with E-state index in [4.69, 9.17) is 4.74 Å². The molecule has 3 atom stereocenters. The number of rotatable bonds is 9. The molecule has 0 fully saturated rings. The topological polar surface area (TPSA) is 38.3 Å². The third-order valence-corrected chi connectivity index (χ3v) is 3.87. The van der Waals surface area contributed by atoms with E-state index in [2.05, 4.69) is 56.5 Å². The molecule has 3 nitrogen and oxygen atoms in total. The third-order valence-electron chi connectivity index (χ3n) is 3.87. The van der Waals surface area contributed by atoms with Crippen LogP contribution < -0.4 is 5.32 Å². The van der Waals surface area contributed by atoms with Crippen LogP contribution in [0.15, 0.2) is 36.0 Å². The molecule has 22 heavy (non-hydrogen) atoms. The van der Waals surface area contributed by atoms with Crippen LogP contribution in [0.4, 0.5) is 0 Å². The highest BCUT2D eigenvalue weighted by atomic mass is 16.5. The Labute approximate surface area is 135 Å². The number of carbonyl (C=O) groups is 1. The summed E-state index contributed by atoms with van der Waals surface area (Å²) in [5, 5.41) is 3.33. The minimum atomic E-state index is -0.222. The van der Waals surface area contributed by atoms with Crippen molar-refractivity contribution in [3.8, 4) is 0 Å². The van der Waals surface area contributed by atoms with Crippen LogP contribution >= 0.6 is 0 Å². The van der Waals surface area contributed by atoms with E-state index in [0.29, 0.717) is 19.1 Å². The number of ether oxygens (including phenoxy) is 1. The SMILES string of the molecule is CCC(C)C(=O)C(COCC1=CC=CC(C)C=C1)NC(C)C. The molecule has 0 saturated heterocycles. The third kappa shape index (κ3) is 6.71. The zero-order chi connectivity index (χ0) is 16.5. The van der Waals surface area contributed by atoms with Gasteiger partial charge in [-0.15, -0.1) is 0 Å². The second-order valence-electron chi connectivity index (χ2n) is 6.45. The maximum atomic E-state index is 12.4. The second kappa shape index (κ2) is 9.75. The van der Waals surface area contributed by atoms with E-state index in [-0.39, 0.29) is 23.8 Å². The van der Waals surface area contributed by atoms with Gasteiger partial charge in [-0.05, 0) is 17.9 Å². The standard InChI is InChI=1S/C19H31NO2/c1-6-16(5)19(21)18(20-14(2)3)13-22-12-17-9-7-8-15(4)10-11-17/h7-11,14-16,18,20H,6,12-13H2,1-5H3.